The second kappa shape index (κ2) is 7.28. The Kier molecular flexibility index (Phi) is 5.16. The summed E-state index contributed by atoms with van der Waals surface area (Å²) in [6, 6.07) is 9.41. The standard InChI is InChI=1S/C16H10F3N3O2/c17-16(18,19)24-14-5-3-11(4-6-14)15(23)12(8-20)9-22-13-2-1-7-21-10-13/h1-7,9-10,22H/b12-9+. The molecule has 5 nitrogen and oxygen atoms in total. The molecule has 0 atom stereocenters. The van der Waals surface area contributed by atoms with Crippen molar-refractivity contribution in [3.8, 4) is 11.8 Å². The van der Waals surface area contributed by atoms with E-state index in [1.54, 1.807) is 24.4 Å². The van der Waals surface area contributed by atoms with Crippen LogP contribution in [0.4, 0.5) is 18.9 Å². The Hall–Kier alpha value is -3.34. The molecule has 122 valence electrons. The zero-order chi connectivity index (χ0) is 17.6. The molecule has 1 aromatic heterocycles. The summed E-state index contributed by atoms with van der Waals surface area (Å²) in [6.07, 6.45) is -0.536. The Bertz CT molecular complexity index is 779. The van der Waals surface area contributed by atoms with Crippen LogP contribution in [0.5, 0.6) is 5.75 Å². The highest BCUT2D eigenvalue weighted by Gasteiger charge is 2.31. The van der Waals surface area contributed by atoms with Crippen LogP contribution in [0.1, 0.15) is 10.4 Å². The molecule has 1 N–H and O–H groups in total. The van der Waals surface area contributed by atoms with E-state index < -0.39 is 17.9 Å². The fourth-order valence-corrected chi connectivity index (χ4v) is 1.72. The van der Waals surface area contributed by atoms with Crippen molar-refractivity contribution in [3.05, 3.63) is 66.1 Å². The van der Waals surface area contributed by atoms with Gasteiger partial charge < -0.3 is 10.1 Å². The van der Waals surface area contributed by atoms with Gasteiger partial charge in [0.1, 0.15) is 17.4 Å². The SMILES string of the molecule is N#C/C(=C\Nc1cccnc1)C(=O)c1ccc(OC(F)(F)F)cc1. The molecule has 2 aromatic rings. The lowest BCUT2D eigenvalue weighted by Crippen LogP contribution is -2.17. The highest BCUT2D eigenvalue weighted by atomic mass is 19.4. The molecule has 8 heteroatoms. The van der Waals surface area contributed by atoms with Gasteiger partial charge in [-0.05, 0) is 36.4 Å². The molecular weight excluding hydrogens is 323 g/mol. The number of carbonyl (C=O) groups excluding carboxylic acids is 1. The molecule has 24 heavy (non-hydrogen) atoms. The number of anilines is 1. The van der Waals surface area contributed by atoms with E-state index in [-0.39, 0.29) is 11.1 Å². The van der Waals surface area contributed by atoms with Gasteiger partial charge in [0.25, 0.3) is 0 Å². The summed E-state index contributed by atoms with van der Waals surface area (Å²) in [6.45, 7) is 0. The predicted molar refractivity (Wildman–Crippen MR) is 79.0 cm³/mol. The monoisotopic (exact) mass is 333 g/mol. The van der Waals surface area contributed by atoms with E-state index in [0.29, 0.717) is 5.69 Å². The lowest BCUT2D eigenvalue weighted by Gasteiger charge is -2.09. The van der Waals surface area contributed by atoms with E-state index in [2.05, 4.69) is 15.0 Å². The highest BCUT2D eigenvalue weighted by Crippen LogP contribution is 2.23. The van der Waals surface area contributed by atoms with E-state index in [1.807, 2.05) is 0 Å². The van der Waals surface area contributed by atoms with E-state index in [0.717, 1.165) is 24.3 Å². The third-order valence-corrected chi connectivity index (χ3v) is 2.76. The zero-order valence-electron chi connectivity index (χ0n) is 12.0. The van der Waals surface area contributed by atoms with E-state index in [9.17, 15) is 18.0 Å². The van der Waals surface area contributed by atoms with Crippen molar-refractivity contribution in [2.24, 2.45) is 0 Å². The number of ketones is 1. The van der Waals surface area contributed by atoms with E-state index in [4.69, 9.17) is 5.26 Å². The number of alkyl halides is 3. The Morgan fingerprint density at radius 1 is 1.25 bits per heavy atom. The molecule has 0 spiro atoms. The number of halogens is 3. The Balaban J connectivity index is 2.12. The minimum absolute atomic E-state index is 0.0605. The Morgan fingerprint density at radius 2 is 1.96 bits per heavy atom. The average Bonchev–Trinajstić information content (AvgIpc) is 2.55. The van der Waals surface area contributed by atoms with Gasteiger partial charge in [-0.25, -0.2) is 0 Å². The smallest absolute Gasteiger partial charge is 0.406 e. The van der Waals surface area contributed by atoms with Crippen LogP contribution in [-0.2, 0) is 0 Å². The van der Waals surface area contributed by atoms with Crippen LogP contribution in [0.25, 0.3) is 0 Å². The number of nitrogens with zero attached hydrogens (tertiary/aromatic N) is 2. The summed E-state index contributed by atoms with van der Waals surface area (Å²) < 4.78 is 40.0. The minimum atomic E-state index is -4.81. The number of aromatic nitrogens is 1. The first-order chi connectivity index (χ1) is 11.4. The van der Waals surface area contributed by atoms with Gasteiger partial charge in [0.2, 0.25) is 5.78 Å². The van der Waals surface area contributed by atoms with Crippen LogP contribution in [0.2, 0.25) is 0 Å². The molecule has 0 radical (unpaired) electrons. The normalized spacial score (nSPS) is 11.5. The van der Waals surface area contributed by atoms with Crippen LogP contribution >= 0.6 is 0 Å². The topological polar surface area (TPSA) is 75.0 Å². The van der Waals surface area contributed by atoms with Crippen molar-refractivity contribution < 1.29 is 22.7 Å². The van der Waals surface area contributed by atoms with Crippen molar-refractivity contribution in [1.29, 1.82) is 5.26 Å². The van der Waals surface area contributed by atoms with Crippen molar-refractivity contribution in [3.63, 3.8) is 0 Å². The van der Waals surface area contributed by atoms with Gasteiger partial charge in [-0.1, -0.05) is 0 Å². The zero-order valence-corrected chi connectivity index (χ0v) is 12.0. The minimum Gasteiger partial charge on any atom is -0.406 e. The molecule has 0 aliphatic carbocycles. The quantitative estimate of drug-likeness (QED) is 0.513. The maximum absolute atomic E-state index is 12.2. The van der Waals surface area contributed by atoms with Crippen molar-refractivity contribution in [2.45, 2.75) is 6.36 Å². The number of allylic oxidation sites excluding steroid dienone is 1. The van der Waals surface area contributed by atoms with Crippen LogP contribution < -0.4 is 10.1 Å². The van der Waals surface area contributed by atoms with Crippen LogP contribution in [0.15, 0.2) is 60.6 Å². The predicted octanol–water partition coefficient (Wildman–Crippen LogP) is 3.68. The summed E-state index contributed by atoms with van der Waals surface area (Å²) in [5, 5.41) is 11.8. The second-order valence-corrected chi connectivity index (χ2v) is 4.46. The van der Waals surface area contributed by atoms with Crippen LogP contribution in [-0.4, -0.2) is 17.1 Å². The molecule has 0 aliphatic heterocycles. The number of rotatable bonds is 5. The fourth-order valence-electron chi connectivity index (χ4n) is 1.72. The Labute approximate surface area is 135 Å². The van der Waals surface area contributed by atoms with Crippen LogP contribution in [0, 0.1) is 11.3 Å². The van der Waals surface area contributed by atoms with E-state index in [1.165, 1.54) is 12.4 Å². The molecule has 0 saturated carbocycles. The molecular formula is C16H10F3N3O2. The molecule has 0 fully saturated rings. The third-order valence-electron chi connectivity index (χ3n) is 2.76. The number of pyridine rings is 1. The summed E-state index contributed by atoms with van der Waals surface area (Å²) in [7, 11) is 0. The van der Waals surface area contributed by atoms with Gasteiger partial charge in [0.05, 0.1) is 11.9 Å². The molecule has 1 aromatic carbocycles. The van der Waals surface area contributed by atoms with Crippen LogP contribution in [0.3, 0.4) is 0 Å². The van der Waals surface area contributed by atoms with Crippen molar-refractivity contribution in [2.75, 3.05) is 5.32 Å². The maximum Gasteiger partial charge on any atom is 0.573 e. The summed E-state index contributed by atoms with van der Waals surface area (Å²) in [5.74, 6) is -1.08. The molecule has 0 bridgehead atoms. The molecule has 0 amide bonds. The van der Waals surface area contributed by atoms with Gasteiger partial charge in [0.15, 0.2) is 0 Å². The van der Waals surface area contributed by atoms with E-state index >= 15 is 0 Å². The fraction of sp³-hybridized carbons (Fsp3) is 0.0625. The number of Topliss-reactive ketones (excluding diaryl/α,β-unsaturated/α-hetero) is 1. The van der Waals surface area contributed by atoms with Gasteiger partial charge in [0, 0.05) is 18.0 Å². The van der Waals surface area contributed by atoms with Crippen molar-refractivity contribution in [1.82, 2.24) is 4.98 Å². The summed E-state index contributed by atoms with van der Waals surface area (Å²) in [5.41, 5.74) is 0.431. The lowest BCUT2D eigenvalue weighted by atomic mass is 10.1. The van der Waals surface area contributed by atoms with Gasteiger partial charge >= 0.3 is 6.36 Å². The number of nitriles is 1. The maximum atomic E-state index is 12.2. The largest absolute Gasteiger partial charge is 0.573 e. The Morgan fingerprint density at radius 3 is 2.50 bits per heavy atom. The van der Waals surface area contributed by atoms with Gasteiger partial charge in [-0.15, -0.1) is 13.2 Å². The first-order valence-corrected chi connectivity index (χ1v) is 6.56. The summed E-state index contributed by atoms with van der Waals surface area (Å²) >= 11 is 0. The first kappa shape index (κ1) is 17.0. The first-order valence-electron chi connectivity index (χ1n) is 6.56. The number of ether oxygens (including phenoxy) is 1. The third kappa shape index (κ3) is 4.84. The number of benzene rings is 1. The van der Waals surface area contributed by atoms with Crippen molar-refractivity contribution >= 4 is 11.5 Å². The number of nitrogens with one attached hydrogen (secondary N) is 1. The molecule has 2 rings (SSSR count). The molecule has 0 unspecified atom stereocenters. The van der Waals surface area contributed by atoms with Gasteiger partial charge in [-0.3, -0.25) is 9.78 Å². The number of hydrogen-bond acceptors (Lipinski definition) is 5. The number of carbonyl (C=O) groups is 1. The molecule has 0 saturated heterocycles. The highest BCUT2D eigenvalue weighted by molar-refractivity contribution is 6.11. The molecule has 0 aliphatic rings. The summed E-state index contributed by atoms with van der Waals surface area (Å²) in [4.78, 5) is 16.0. The lowest BCUT2D eigenvalue weighted by molar-refractivity contribution is -0.274. The number of hydrogen-bond donors (Lipinski definition) is 1. The van der Waals surface area contributed by atoms with Gasteiger partial charge in [-0.2, -0.15) is 5.26 Å². The average molecular weight is 333 g/mol. The second-order valence-electron chi connectivity index (χ2n) is 4.46. The molecule has 1 heterocycles.